The fourth-order valence-electron chi connectivity index (χ4n) is 10.6. The van der Waals surface area contributed by atoms with Crippen LogP contribution in [0.15, 0.2) is 0 Å². The van der Waals surface area contributed by atoms with Gasteiger partial charge in [-0.05, 0) is 37.5 Å². The second-order valence-electron chi connectivity index (χ2n) is 26.0. The molecule has 3 N–H and O–H groups in total. The van der Waals surface area contributed by atoms with Crippen LogP contribution in [0, 0.1) is 11.8 Å². The van der Waals surface area contributed by atoms with E-state index in [9.17, 15) is 43.2 Å². The van der Waals surface area contributed by atoms with E-state index in [1.807, 2.05) is 0 Å². The van der Waals surface area contributed by atoms with Gasteiger partial charge in [-0.15, -0.1) is 0 Å². The van der Waals surface area contributed by atoms with E-state index >= 15 is 0 Å². The summed E-state index contributed by atoms with van der Waals surface area (Å²) in [5, 5.41) is 10.6. The predicted molar refractivity (Wildman–Crippen MR) is 358 cm³/mol. The molecular formula is C70H136O17P2. The van der Waals surface area contributed by atoms with E-state index in [-0.39, 0.29) is 25.7 Å². The SMILES string of the molecule is CCCCCCCCCCCCCCCCCC(=O)OC[C@H](COP(=O)(O)OC[C@@H](O)COP(=O)(O)OC[C@@H](COC(=O)CCCCCCC)OC(=O)CCCCCCCCC(C)CC)OC(=O)CCCCCCCCCCCCCCCCCCC(C)C. The summed E-state index contributed by atoms with van der Waals surface area (Å²) in [6.45, 7) is 9.44. The highest BCUT2D eigenvalue weighted by atomic mass is 31.2. The predicted octanol–water partition coefficient (Wildman–Crippen LogP) is 20.0. The van der Waals surface area contributed by atoms with Crippen LogP contribution < -0.4 is 0 Å². The molecular weight excluding hydrogens is 1170 g/mol. The van der Waals surface area contributed by atoms with Gasteiger partial charge in [-0.2, -0.15) is 0 Å². The molecule has 0 rings (SSSR count). The standard InChI is InChI=1S/C70H136O17P2/c1-7-10-12-14-15-16-17-18-21-25-28-31-34-41-47-53-68(73)81-59-66(86-69(74)54-48-42-35-32-29-26-23-20-19-22-24-27-30-33-39-44-50-62(4)5)61-85-89(78,79)83-57-64(71)56-82-88(76,77)84-60-65(58-80-67(72)52-46-38-13-11-8-2)87-70(75)55-49-43-37-36-40-45-51-63(6)9-3/h62-66,71H,7-61H2,1-6H3,(H,76,77)(H,78,79)/t63?,64-,65+,66+/m0/s1. The number of rotatable bonds is 69. The first-order valence-corrected chi connectivity index (χ1v) is 39.5. The second kappa shape index (κ2) is 62.2. The van der Waals surface area contributed by atoms with Crippen LogP contribution in [-0.2, 0) is 65.4 Å². The third-order valence-electron chi connectivity index (χ3n) is 16.6. The summed E-state index contributed by atoms with van der Waals surface area (Å²) in [7, 11) is -9.89. The lowest BCUT2D eigenvalue weighted by molar-refractivity contribution is -0.161. The first-order chi connectivity index (χ1) is 42.9. The molecule has 0 amide bonds. The lowest BCUT2D eigenvalue weighted by Crippen LogP contribution is -2.30. The molecule has 89 heavy (non-hydrogen) atoms. The second-order valence-corrected chi connectivity index (χ2v) is 28.9. The summed E-state index contributed by atoms with van der Waals surface area (Å²) in [5.41, 5.74) is 0. The van der Waals surface area contributed by atoms with Gasteiger partial charge in [-0.1, -0.05) is 305 Å². The molecule has 0 radical (unpaired) electrons. The Morgan fingerprint density at radius 2 is 0.573 bits per heavy atom. The van der Waals surface area contributed by atoms with Crippen molar-refractivity contribution in [2.75, 3.05) is 39.6 Å². The number of hydrogen-bond donors (Lipinski definition) is 3. The molecule has 0 saturated carbocycles. The molecule has 0 aromatic rings. The zero-order valence-corrected chi connectivity index (χ0v) is 59.5. The number of esters is 4. The minimum Gasteiger partial charge on any atom is -0.462 e. The quantitative estimate of drug-likeness (QED) is 0.0222. The monoisotopic (exact) mass is 1310 g/mol. The molecule has 0 fully saturated rings. The Balaban J connectivity index is 5.15. The first kappa shape index (κ1) is 87.1. The van der Waals surface area contributed by atoms with Gasteiger partial charge < -0.3 is 33.8 Å². The van der Waals surface area contributed by atoms with Crippen molar-refractivity contribution >= 4 is 39.5 Å². The van der Waals surface area contributed by atoms with Crippen LogP contribution in [0.1, 0.15) is 356 Å². The Labute approximate surface area is 543 Å². The molecule has 3 unspecified atom stereocenters. The zero-order valence-electron chi connectivity index (χ0n) is 57.7. The van der Waals surface area contributed by atoms with Gasteiger partial charge in [0.25, 0.3) is 0 Å². The van der Waals surface area contributed by atoms with Crippen molar-refractivity contribution in [3.05, 3.63) is 0 Å². The van der Waals surface area contributed by atoms with E-state index < -0.39 is 97.5 Å². The molecule has 0 heterocycles. The number of phosphoric acid groups is 2. The number of unbranched alkanes of at least 4 members (excludes halogenated alkanes) is 38. The van der Waals surface area contributed by atoms with Crippen molar-refractivity contribution in [3.8, 4) is 0 Å². The lowest BCUT2D eigenvalue weighted by atomic mass is 10.00. The maximum atomic E-state index is 13.0. The summed E-state index contributed by atoms with van der Waals surface area (Å²) < 4.78 is 68.0. The molecule has 6 atom stereocenters. The van der Waals surface area contributed by atoms with Crippen molar-refractivity contribution in [1.82, 2.24) is 0 Å². The molecule has 0 bridgehead atoms. The average molecular weight is 1310 g/mol. The summed E-state index contributed by atoms with van der Waals surface area (Å²) >= 11 is 0. The largest absolute Gasteiger partial charge is 0.472 e. The number of aliphatic hydroxyl groups is 1. The Kier molecular flexibility index (Phi) is 60.8. The van der Waals surface area contributed by atoms with E-state index in [0.29, 0.717) is 25.7 Å². The zero-order chi connectivity index (χ0) is 65.7. The molecule has 0 aliphatic carbocycles. The summed E-state index contributed by atoms with van der Waals surface area (Å²) in [4.78, 5) is 72.2. The Bertz CT molecular complexity index is 1740. The van der Waals surface area contributed by atoms with Gasteiger partial charge in [-0.3, -0.25) is 37.3 Å². The van der Waals surface area contributed by atoms with Crippen molar-refractivity contribution in [3.63, 3.8) is 0 Å². The van der Waals surface area contributed by atoms with Gasteiger partial charge in [0, 0.05) is 25.7 Å². The molecule has 0 aromatic carbocycles. The van der Waals surface area contributed by atoms with Crippen LogP contribution >= 0.6 is 15.6 Å². The van der Waals surface area contributed by atoms with E-state index in [1.54, 1.807) is 0 Å². The number of carbonyl (C=O) groups excluding carboxylic acids is 4. The summed E-state index contributed by atoms with van der Waals surface area (Å²) in [6, 6.07) is 0. The van der Waals surface area contributed by atoms with Crippen LogP contribution in [0.3, 0.4) is 0 Å². The van der Waals surface area contributed by atoms with Gasteiger partial charge in [0.2, 0.25) is 0 Å². The van der Waals surface area contributed by atoms with E-state index in [0.717, 1.165) is 108 Å². The highest BCUT2D eigenvalue weighted by molar-refractivity contribution is 7.47. The molecule has 0 aliphatic heterocycles. The number of ether oxygens (including phenoxy) is 4. The van der Waals surface area contributed by atoms with Crippen LogP contribution in [-0.4, -0.2) is 96.7 Å². The fourth-order valence-corrected chi connectivity index (χ4v) is 12.1. The fraction of sp³-hybridized carbons (Fsp3) is 0.943. The maximum absolute atomic E-state index is 13.0. The van der Waals surface area contributed by atoms with Crippen molar-refractivity contribution < 1.29 is 80.2 Å². The van der Waals surface area contributed by atoms with Crippen molar-refractivity contribution in [2.24, 2.45) is 11.8 Å². The van der Waals surface area contributed by atoms with Crippen molar-refractivity contribution in [1.29, 1.82) is 0 Å². The number of hydrogen-bond acceptors (Lipinski definition) is 15. The highest BCUT2D eigenvalue weighted by Crippen LogP contribution is 2.45. The molecule has 17 nitrogen and oxygen atoms in total. The molecule has 528 valence electrons. The van der Waals surface area contributed by atoms with Gasteiger partial charge in [0.15, 0.2) is 12.2 Å². The summed E-state index contributed by atoms with van der Waals surface area (Å²) in [6.07, 6.45) is 47.7. The van der Waals surface area contributed by atoms with Crippen LogP contribution in [0.2, 0.25) is 0 Å². The molecule has 0 saturated heterocycles. The number of phosphoric ester groups is 2. The lowest BCUT2D eigenvalue weighted by Gasteiger charge is -2.21. The molecule has 19 heteroatoms. The minimum atomic E-state index is -4.95. The Morgan fingerprint density at radius 3 is 0.854 bits per heavy atom. The van der Waals surface area contributed by atoms with Gasteiger partial charge in [0.1, 0.15) is 19.3 Å². The smallest absolute Gasteiger partial charge is 0.462 e. The van der Waals surface area contributed by atoms with E-state index in [2.05, 4.69) is 41.5 Å². The molecule has 0 aromatic heterocycles. The Morgan fingerprint density at radius 1 is 0.326 bits per heavy atom. The topological polar surface area (TPSA) is 237 Å². The third-order valence-corrected chi connectivity index (χ3v) is 18.5. The minimum absolute atomic E-state index is 0.102. The van der Waals surface area contributed by atoms with E-state index in [1.165, 1.54) is 167 Å². The first-order valence-electron chi connectivity index (χ1n) is 36.5. The number of aliphatic hydroxyl groups excluding tert-OH is 1. The summed E-state index contributed by atoms with van der Waals surface area (Å²) in [5.74, 6) is -0.608. The maximum Gasteiger partial charge on any atom is 0.472 e. The Hall–Kier alpha value is -1.94. The normalized spacial score (nSPS) is 14.4. The van der Waals surface area contributed by atoms with Gasteiger partial charge in [0.05, 0.1) is 26.4 Å². The molecule has 0 spiro atoms. The van der Waals surface area contributed by atoms with Crippen LogP contribution in [0.25, 0.3) is 0 Å². The van der Waals surface area contributed by atoms with Gasteiger partial charge >= 0.3 is 39.5 Å². The highest BCUT2D eigenvalue weighted by Gasteiger charge is 2.30. The molecule has 0 aliphatic rings. The third kappa shape index (κ3) is 63.2. The van der Waals surface area contributed by atoms with Gasteiger partial charge in [-0.25, -0.2) is 9.13 Å². The van der Waals surface area contributed by atoms with Crippen LogP contribution in [0.4, 0.5) is 0 Å². The van der Waals surface area contributed by atoms with Crippen molar-refractivity contribution in [2.45, 2.75) is 374 Å². The van der Waals surface area contributed by atoms with Crippen LogP contribution in [0.5, 0.6) is 0 Å². The number of carbonyl (C=O) groups is 4. The van der Waals surface area contributed by atoms with E-state index in [4.69, 9.17) is 37.0 Å². The average Bonchev–Trinajstić information content (AvgIpc) is 3.58.